The summed E-state index contributed by atoms with van der Waals surface area (Å²) in [5.41, 5.74) is 0.379. The lowest BCUT2D eigenvalue weighted by Gasteiger charge is -2.14. The molecular weight excluding hydrogens is 682 g/mol. The van der Waals surface area contributed by atoms with Gasteiger partial charge in [0.15, 0.2) is 12.4 Å². The molecule has 0 bridgehead atoms. The molecule has 49 heavy (non-hydrogen) atoms. The largest absolute Gasteiger partial charge is 0.454 e. The summed E-state index contributed by atoms with van der Waals surface area (Å²) in [4.78, 5) is 64.3. The van der Waals surface area contributed by atoms with Crippen molar-refractivity contribution < 1.29 is 37.1 Å². The summed E-state index contributed by atoms with van der Waals surface area (Å²) < 4.78 is 47.2. The summed E-state index contributed by atoms with van der Waals surface area (Å²) in [5.74, 6) is -3.63. The molecule has 0 spiro atoms. The van der Waals surface area contributed by atoms with E-state index in [2.05, 4.69) is 15.0 Å². The van der Waals surface area contributed by atoms with Crippen LogP contribution in [-0.2, 0) is 28.5 Å². The number of aryl methyl sites for hydroxylation is 1. The Balaban J connectivity index is 1.31. The molecule has 248 valence electrons. The molecule has 8 nitrogen and oxygen atoms in total. The van der Waals surface area contributed by atoms with E-state index in [0.29, 0.717) is 23.1 Å². The van der Waals surface area contributed by atoms with Crippen molar-refractivity contribution >= 4 is 46.5 Å². The number of halogens is 5. The van der Waals surface area contributed by atoms with Crippen molar-refractivity contribution in [2.75, 3.05) is 6.61 Å². The number of Topliss-reactive ketones (excluding diaryl/α,β-unsaturated/α-hetero) is 3. The molecule has 0 unspecified atom stereocenters. The summed E-state index contributed by atoms with van der Waals surface area (Å²) in [6.45, 7) is 0.949. The SMILES string of the molecule is Cc1ccc(C(=O)C(=O)c2ccc(CC(=O)COC(=O)c3c(Cl)cccc3Cl)c(C(F)(F)F)c2)cc1Cc1nccc(-c2cccnc2)n1. The van der Waals surface area contributed by atoms with Crippen molar-refractivity contribution in [2.24, 2.45) is 0 Å². The number of pyridine rings is 1. The number of esters is 1. The van der Waals surface area contributed by atoms with Crippen molar-refractivity contribution in [3.8, 4) is 11.3 Å². The maximum atomic E-state index is 14.1. The van der Waals surface area contributed by atoms with Crippen molar-refractivity contribution in [3.63, 3.8) is 0 Å². The average molecular weight is 707 g/mol. The van der Waals surface area contributed by atoms with Gasteiger partial charge in [-0.05, 0) is 66.1 Å². The lowest BCUT2D eigenvalue weighted by molar-refractivity contribution is -0.138. The van der Waals surface area contributed by atoms with Gasteiger partial charge in [0.05, 0.1) is 26.9 Å². The third-order valence-corrected chi connectivity index (χ3v) is 8.06. The van der Waals surface area contributed by atoms with Crippen LogP contribution in [0.25, 0.3) is 11.3 Å². The molecule has 0 amide bonds. The van der Waals surface area contributed by atoms with Crippen LogP contribution in [0.5, 0.6) is 0 Å². The summed E-state index contributed by atoms with van der Waals surface area (Å²) in [5, 5.41) is -0.0527. The Labute approximate surface area is 287 Å². The van der Waals surface area contributed by atoms with Crippen LogP contribution in [0.4, 0.5) is 13.2 Å². The minimum Gasteiger partial charge on any atom is -0.454 e. The second-order valence-electron chi connectivity index (χ2n) is 10.8. The van der Waals surface area contributed by atoms with Gasteiger partial charge in [-0.2, -0.15) is 13.2 Å². The number of carbonyl (C=O) groups is 4. The van der Waals surface area contributed by atoms with Gasteiger partial charge in [0.1, 0.15) is 5.82 Å². The lowest BCUT2D eigenvalue weighted by Crippen LogP contribution is -2.20. The van der Waals surface area contributed by atoms with Crippen LogP contribution < -0.4 is 0 Å². The third kappa shape index (κ3) is 8.43. The van der Waals surface area contributed by atoms with Crippen LogP contribution in [-0.4, -0.2) is 44.9 Å². The van der Waals surface area contributed by atoms with Gasteiger partial charge in [-0.1, -0.05) is 53.5 Å². The first kappa shape index (κ1) is 35.1. The molecule has 0 aliphatic heterocycles. The van der Waals surface area contributed by atoms with Crippen LogP contribution in [0.1, 0.15) is 59.2 Å². The number of ketones is 3. The molecular formula is C36H24Cl2F3N3O5. The number of hydrogen-bond donors (Lipinski definition) is 0. The molecule has 0 aliphatic rings. The molecule has 5 rings (SSSR count). The Morgan fingerprint density at radius 3 is 2.18 bits per heavy atom. The molecule has 13 heteroatoms. The molecule has 0 saturated carbocycles. The zero-order valence-corrected chi connectivity index (χ0v) is 27.1. The summed E-state index contributed by atoms with van der Waals surface area (Å²) >= 11 is 11.9. The van der Waals surface area contributed by atoms with Gasteiger partial charge in [-0.3, -0.25) is 19.4 Å². The summed E-state index contributed by atoms with van der Waals surface area (Å²) in [7, 11) is 0. The monoisotopic (exact) mass is 705 g/mol. The van der Waals surface area contributed by atoms with E-state index in [-0.39, 0.29) is 27.6 Å². The normalized spacial score (nSPS) is 11.2. The standard InChI is InChI=1S/C36H24Cl2F3N3O5/c1-20-7-8-22(14-25(20)17-31-43-13-11-30(44-31)24-4-3-12-42-18-24)33(46)34(47)23-10-9-21(27(16-23)36(39,40)41)15-26(45)19-49-35(48)32-28(37)5-2-6-29(32)38/h2-14,16,18H,15,17,19H2,1H3. The van der Waals surface area contributed by atoms with E-state index >= 15 is 0 Å². The van der Waals surface area contributed by atoms with Gasteiger partial charge < -0.3 is 4.74 Å². The molecule has 0 saturated heterocycles. The molecule has 0 N–H and O–H groups in total. The highest BCUT2D eigenvalue weighted by Crippen LogP contribution is 2.34. The lowest BCUT2D eigenvalue weighted by atomic mass is 9.93. The van der Waals surface area contributed by atoms with Gasteiger partial charge in [-0.15, -0.1) is 0 Å². The second-order valence-corrected chi connectivity index (χ2v) is 11.6. The average Bonchev–Trinajstić information content (AvgIpc) is 3.08. The van der Waals surface area contributed by atoms with Gasteiger partial charge in [-0.25, -0.2) is 14.8 Å². The Hall–Kier alpha value is -5.26. The molecule has 0 fully saturated rings. The smallest absolute Gasteiger partial charge is 0.416 e. The zero-order valence-electron chi connectivity index (χ0n) is 25.6. The topological polar surface area (TPSA) is 116 Å². The first-order valence-electron chi connectivity index (χ1n) is 14.6. The first-order valence-corrected chi connectivity index (χ1v) is 15.3. The van der Waals surface area contributed by atoms with E-state index in [1.165, 1.54) is 30.3 Å². The highest BCUT2D eigenvalue weighted by molar-refractivity contribution is 6.49. The molecule has 0 atom stereocenters. The Kier molecular flexibility index (Phi) is 10.6. The quantitative estimate of drug-likeness (QED) is 0.0777. The van der Waals surface area contributed by atoms with E-state index < -0.39 is 59.2 Å². The molecule has 2 heterocycles. The number of hydrogen-bond acceptors (Lipinski definition) is 8. The van der Waals surface area contributed by atoms with Gasteiger partial charge >= 0.3 is 12.1 Å². The van der Waals surface area contributed by atoms with E-state index in [4.69, 9.17) is 27.9 Å². The highest BCUT2D eigenvalue weighted by atomic mass is 35.5. The van der Waals surface area contributed by atoms with Gasteiger partial charge in [0.25, 0.3) is 0 Å². The predicted octanol–water partition coefficient (Wildman–Crippen LogP) is 7.80. The van der Waals surface area contributed by atoms with E-state index in [9.17, 15) is 32.3 Å². The Bertz CT molecular complexity index is 2070. The molecule has 0 aliphatic carbocycles. The zero-order chi connectivity index (χ0) is 35.3. The summed E-state index contributed by atoms with van der Waals surface area (Å²) in [6.07, 6.45) is -0.631. The van der Waals surface area contributed by atoms with Crippen LogP contribution in [0.3, 0.4) is 0 Å². The molecule has 2 aromatic heterocycles. The Morgan fingerprint density at radius 1 is 0.816 bits per heavy atom. The number of aromatic nitrogens is 3. The van der Waals surface area contributed by atoms with E-state index in [1.54, 1.807) is 43.7 Å². The van der Waals surface area contributed by atoms with Crippen LogP contribution >= 0.6 is 23.2 Å². The number of benzene rings is 3. The fourth-order valence-corrected chi connectivity index (χ4v) is 5.46. The predicted molar refractivity (Wildman–Crippen MR) is 175 cm³/mol. The van der Waals surface area contributed by atoms with E-state index in [1.807, 2.05) is 6.07 Å². The maximum Gasteiger partial charge on any atom is 0.416 e. The van der Waals surface area contributed by atoms with Crippen LogP contribution in [0.2, 0.25) is 10.0 Å². The first-order chi connectivity index (χ1) is 23.3. The van der Waals surface area contributed by atoms with Crippen LogP contribution in [0.15, 0.2) is 91.4 Å². The molecule has 3 aromatic carbocycles. The minimum atomic E-state index is -4.97. The number of alkyl halides is 3. The van der Waals surface area contributed by atoms with E-state index in [0.717, 1.165) is 23.3 Å². The number of ether oxygens (including phenoxy) is 1. The van der Waals surface area contributed by atoms with Crippen molar-refractivity contribution in [3.05, 3.63) is 146 Å². The van der Waals surface area contributed by atoms with Crippen molar-refractivity contribution in [1.29, 1.82) is 0 Å². The fraction of sp³-hybridized carbons (Fsp3) is 0.139. The third-order valence-electron chi connectivity index (χ3n) is 7.43. The number of rotatable bonds is 11. The fourth-order valence-electron chi connectivity index (χ4n) is 4.91. The Morgan fingerprint density at radius 2 is 1.51 bits per heavy atom. The van der Waals surface area contributed by atoms with Gasteiger partial charge in [0, 0.05) is 48.1 Å². The number of carbonyl (C=O) groups excluding carboxylic acids is 4. The van der Waals surface area contributed by atoms with Crippen LogP contribution in [0, 0.1) is 6.92 Å². The highest BCUT2D eigenvalue weighted by Gasteiger charge is 2.35. The minimum absolute atomic E-state index is 0.0257. The maximum absolute atomic E-state index is 14.1. The second kappa shape index (κ2) is 14.9. The summed E-state index contributed by atoms with van der Waals surface area (Å²) in [6, 6.07) is 16.7. The van der Waals surface area contributed by atoms with Crippen molar-refractivity contribution in [2.45, 2.75) is 25.9 Å². The van der Waals surface area contributed by atoms with Gasteiger partial charge in [0.2, 0.25) is 11.6 Å². The number of nitrogens with zero attached hydrogens (tertiary/aromatic N) is 3. The molecule has 0 radical (unpaired) electrons. The van der Waals surface area contributed by atoms with Crippen molar-refractivity contribution in [1.82, 2.24) is 15.0 Å². The molecule has 5 aromatic rings.